The summed E-state index contributed by atoms with van der Waals surface area (Å²) >= 11 is 0. The molecule has 18 heavy (non-hydrogen) atoms. The highest BCUT2D eigenvalue weighted by Crippen LogP contribution is 2.24. The van der Waals surface area contributed by atoms with Gasteiger partial charge >= 0.3 is 17.8 Å². The highest BCUT2D eigenvalue weighted by Gasteiger charge is 2.37. The molecule has 0 aromatic heterocycles. The molecule has 6 nitrogen and oxygen atoms in total. The van der Waals surface area contributed by atoms with E-state index in [0.717, 1.165) is 30.6 Å². The van der Waals surface area contributed by atoms with E-state index >= 15 is 0 Å². The zero-order chi connectivity index (χ0) is 13.1. The summed E-state index contributed by atoms with van der Waals surface area (Å²) in [5.74, 6) is -2.29. The molecule has 2 amide bonds. The lowest BCUT2D eigenvalue weighted by Crippen LogP contribution is -2.58. The van der Waals surface area contributed by atoms with Gasteiger partial charge in [-0.1, -0.05) is 19.3 Å². The zero-order valence-corrected chi connectivity index (χ0v) is 10.3. The Kier molecular flexibility index (Phi) is 3.84. The van der Waals surface area contributed by atoms with Crippen LogP contribution < -0.4 is 0 Å². The molecule has 6 heteroatoms. The van der Waals surface area contributed by atoms with Gasteiger partial charge in [-0.05, 0) is 12.8 Å². The molecule has 2 rings (SSSR count). The topological polar surface area (TPSA) is 77.9 Å². The molecule has 1 aliphatic heterocycles. The summed E-state index contributed by atoms with van der Waals surface area (Å²) in [6.45, 7) is 0.402. The first-order valence-corrected chi connectivity index (χ1v) is 6.41. The molecule has 2 aliphatic rings. The van der Waals surface area contributed by atoms with Gasteiger partial charge in [-0.3, -0.25) is 14.4 Å². The molecule has 0 bridgehead atoms. The average molecular weight is 254 g/mol. The predicted octanol–water partition coefficient (Wildman–Crippen LogP) is 0.0745. The van der Waals surface area contributed by atoms with Crippen LogP contribution in [0.1, 0.15) is 32.1 Å². The average Bonchev–Trinajstić information content (AvgIpc) is 2.36. The number of hydrogen-bond donors (Lipinski definition) is 1. The van der Waals surface area contributed by atoms with E-state index in [2.05, 4.69) is 0 Å². The number of nitrogens with zero attached hydrogens (tertiary/aromatic N) is 2. The number of aliphatic carboxylic acids is 1. The number of piperazine rings is 1. The normalized spacial score (nSPS) is 22.4. The smallest absolute Gasteiger partial charge is 0.323 e. The Hall–Kier alpha value is -1.59. The summed E-state index contributed by atoms with van der Waals surface area (Å²) in [4.78, 5) is 37.1. The number of carboxylic acid groups (broad SMARTS) is 1. The molecule has 0 aromatic carbocycles. The highest BCUT2D eigenvalue weighted by molar-refractivity contribution is 6.35. The van der Waals surface area contributed by atoms with E-state index in [1.54, 1.807) is 4.90 Å². The van der Waals surface area contributed by atoms with Crippen molar-refractivity contribution in [2.24, 2.45) is 0 Å². The Morgan fingerprint density at radius 1 is 1.11 bits per heavy atom. The van der Waals surface area contributed by atoms with Crippen molar-refractivity contribution in [1.82, 2.24) is 9.80 Å². The molecule has 100 valence electrons. The highest BCUT2D eigenvalue weighted by atomic mass is 16.4. The molecule has 1 heterocycles. The SMILES string of the molecule is O=C(O)CN1CCN(C2CCCCC2)C(=O)C1=O. The van der Waals surface area contributed by atoms with E-state index in [1.807, 2.05) is 0 Å². The van der Waals surface area contributed by atoms with E-state index in [0.29, 0.717) is 13.1 Å². The van der Waals surface area contributed by atoms with Gasteiger partial charge < -0.3 is 14.9 Å². The van der Waals surface area contributed by atoms with Crippen molar-refractivity contribution in [2.45, 2.75) is 38.1 Å². The minimum atomic E-state index is -1.08. The van der Waals surface area contributed by atoms with Crippen molar-refractivity contribution >= 4 is 17.8 Å². The van der Waals surface area contributed by atoms with Gasteiger partial charge in [-0.2, -0.15) is 0 Å². The third-order valence-electron chi connectivity index (χ3n) is 3.68. The first kappa shape index (κ1) is 12.9. The van der Waals surface area contributed by atoms with Crippen LogP contribution in [-0.2, 0) is 14.4 Å². The summed E-state index contributed by atoms with van der Waals surface area (Å²) in [6.07, 6.45) is 5.30. The Morgan fingerprint density at radius 3 is 2.39 bits per heavy atom. The molecule has 2 fully saturated rings. The van der Waals surface area contributed by atoms with Crippen LogP contribution in [0.15, 0.2) is 0 Å². The van der Waals surface area contributed by atoms with Crippen LogP contribution in [0.5, 0.6) is 0 Å². The number of rotatable bonds is 3. The van der Waals surface area contributed by atoms with Crippen molar-refractivity contribution in [3.63, 3.8) is 0 Å². The maximum absolute atomic E-state index is 12.0. The molecule has 0 unspecified atom stereocenters. The monoisotopic (exact) mass is 254 g/mol. The second-order valence-corrected chi connectivity index (χ2v) is 4.91. The standard InChI is InChI=1S/C12H18N2O4/c15-10(16)8-13-6-7-14(12(18)11(13)17)9-4-2-1-3-5-9/h9H,1-8H2,(H,15,16). The third-order valence-corrected chi connectivity index (χ3v) is 3.68. The molecular formula is C12H18N2O4. The molecule has 1 N–H and O–H groups in total. The minimum Gasteiger partial charge on any atom is -0.480 e. The van der Waals surface area contributed by atoms with E-state index in [4.69, 9.17) is 5.11 Å². The number of hydrogen-bond acceptors (Lipinski definition) is 3. The van der Waals surface area contributed by atoms with Gasteiger partial charge in [0.1, 0.15) is 6.54 Å². The quantitative estimate of drug-likeness (QED) is 0.723. The van der Waals surface area contributed by atoms with Crippen LogP contribution in [-0.4, -0.2) is 58.4 Å². The van der Waals surface area contributed by atoms with Crippen LogP contribution in [0.4, 0.5) is 0 Å². The first-order chi connectivity index (χ1) is 8.59. The molecule has 0 spiro atoms. The lowest BCUT2D eigenvalue weighted by molar-refractivity contribution is -0.160. The number of carboxylic acids is 1. The maximum atomic E-state index is 12.0. The van der Waals surface area contributed by atoms with Crippen LogP contribution >= 0.6 is 0 Å². The van der Waals surface area contributed by atoms with E-state index in [1.165, 1.54) is 6.42 Å². The predicted molar refractivity (Wildman–Crippen MR) is 62.8 cm³/mol. The molecule has 0 radical (unpaired) electrons. The second-order valence-electron chi connectivity index (χ2n) is 4.91. The van der Waals surface area contributed by atoms with Gasteiger partial charge in [0.25, 0.3) is 0 Å². The molecule has 1 saturated heterocycles. The largest absolute Gasteiger partial charge is 0.480 e. The summed E-state index contributed by atoms with van der Waals surface area (Å²) in [7, 11) is 0. The summed E-state index contributed by atoms with van der Waals surface area (Å²) < 4.78 is 0. The van der Waals surface area contributed by atoms with Gasteiger partial charge in [0, 0.05) is 19.1 Å². The summed E-state index contributed by atoms with van der Waals surface area (Å²) in [5, 5.41) is 8.67. The Morgan fingerprint density at radius 2 is 1.78 bits per heavy atom. The zero-order valence-electron chi connectivity index (χ0n) is 10.3. The summed E-state index contributed by atoms with van der Waals surface area (Å²) in [5.41, 5.74) is 0. The molecule has 0 atom stereocenters. The fraction of sp³-hybridized carbons (Fsp3) is 0.750. The second kappa shape index (κ2) is 5.37. The molecule has 1 aliphatic carbocycles. The van der Waals surface area contributed by atoms with Gasteiger partial charge in [-0.25, -0.2) is 0 Å². The summed E-state index contributed by atoms with van der Waals surface area (Å²) in [6, 6.07) is 0.169. The minimum absolute atomic E-state index is 0.169. The van der Waals surface area contributed by atoms with E-state index in [-0.39, 0.29) is 12.6 Å². The van der Waals surface area contributed by atoms with Crippen molar-refractivity contribution in [3.05, 3.63) is 0 Å². The maximum Gasteiger partial charge on any atom is 0.323 e. The number of carbonyl (C=O) groups excluding carboxylic acids is 2. The third kappa shape index (κ3) is 2.63. The molecule has 0 aromatic rings. The van der Waals surface area contributed by atoms with E-state index in [9.17, 15) is 14.4 Å². The lowest BCUT2D eigenvalue weighted by Gasteiger charge is -2.39. The van der Waals surface area contributed by atoms with Gasteiger partial charge in [-0.15, -0.1) is 0 Å². The number of carbonyl (C=O) groups is 3. The van der Waals surface area contributed by atoms with Crippen LogP contribution in [0.25, 0.3) is 0 Å². The molecular weight excluding hydrogens is 236 g/mol. The van der Waals surface area contributed by atoms with Crippen molar-refractivity contribution in [1.29, 1.82) is 0 Å². The van der Waals surface area contributed by atoms with Crippen LogP contribution in [0.2, 0.25) is 0 Å². The van der Waals surface area contributed by atoms with Crippen molar-refractivity contribution < 1.29 is 19.5 Å². The Labute approximate surface area is 106 Å². The van der Waals surface area contributed by atoms with E-state index < -0.39 is 17.8 Å². The van der Waals surface area contributed by atoms with Gasteiger partial charge in [0.05, 0.1) is 0 Å². The fourth-order valence-electron chi connectivity index (χ4n) is 2.74. The Balaban J connectivity index is 1.99. The molecule has 1 saturated carbocycles. The van der Waals surface area contributed by atoms with Crippen LogP contribution in [0, 0.1) is 0 Å². The lowest BCUT2D eigenvalue weighted by atomic mass is 9.93. The fourth-order valence-corrected chi connectivity index (χ4v) is 2.74. The number of amides is 2. The van der Waals surface area contributed by atoms with Gasteiger partial charge in [0.2, 0.25) is 0 Å². The first-order valence-electron chi connectivity index (χ1n) is 6.41. The van der Waals surface area contributed by atoms with Crippen LogP contribution in [0.3, 0.4) is 0 Å². The van der Waals surface area contributed by atoms with Crippen molar-refractivity contribution in [2.75, 3.05) is 19.6 Å². The van der Waals surface area contributed by atoms with Crippen molar-refractivity contribution in [3.8, 4) is 0 Å². The van der Waals surface area contributed by atoms with Gasteiger partial charge in [0.15, 0.2) is 0 Å². The Bertz CT molecular complexity index is 363.